The molecule has 0 aromatic heterocycles. The van der Waals surface area contributed by atoms with Crippen LogP contribution < -0.4 is 10.1 Å². The Morgan fingerprint density at radius 3 is 2.88 bits per heavy atom. The van der Waals surface area contributed by atoms with Crippen molar-refractivity contribution in [1.29, 1.82) is 0 Å². The van der Waals surface area contributed by atoms with E-state index in [0.29, 0.717) is 6.61 Å². The van der Waals surface area contributed by atoms with E-state index in [2.05, 4.69) is 37.0 Å². The number of benzene rings is 1. The van der Waals surface area contributed by atoms with Crippen molar-refractivity contribution in [2.75, 3.05) is 6.61 Å². The predicted molar refractivity (Wildman–Crippen MR) is 71.3 cm³/mol. The van der Waals surface area contributed by atoms with E-state index in [1.807, 2.05) is 6.92 Å². The highest BCUT2D eigenvalue weighted by Gasteiger charge is 2.20. The van der Waals surface area contributed by atoms with Gasteiger partial charge in [0.2, 0.25) is 0 Å². The second-order valence-corrected chi connectivity index (χ2v) is 4.96. The normalized spacial score (nSPS) is 14.7. The maximum atomic E-state index is 5.84. The van der Waals surface area contributed by atoms with Crippen molar-refractivity contribution < 1.29 is 4.74 Å². The van der Waals surface area contributed by atoms with Crippen LogP contribution in [0.2, 0.25) is 0 Å². The highest BCUT2D eigenvalue weighted by molar-refractivity contribution is 5.41. The van der Waals surface area contributed by atoms with Crippen LogP contribution in [0.5, 0.6) is 5.75 Å². The monoisotopic (exact) mass is 231 g/mol. The Morgan fingerprint density at radius 1 is 1.47 bits per heavy atom. The van der Waals surface area contributed by atoms with Gasteiger partial charge in [-0.25, -0.2) is 0 Å². The number of ether oxygens (including phenoxy) is 1. The van der Waals surface area contributed by atoms with Crippen molar-refractivity contribution in [1.82, 2.24) is 5.32 Å². The van der Waals surface area contributed by atoms with Crippen LogP contribution in [0.4, 0.5) is 0 Å². The van der Waals surface area contributed by atoms with Gasteiger partial charge in [0, 0.05) is 18.2 Å². The summed E-state index contributed by atoms with van der Waals surface area (Å²) in [6.45, 7) is 9.45. The molecule has 1 aliphatic rings. The van der Waals surface area contributed by atoms with E-state index in [0.717, 1.165) is 23.9 Å². The number of hydrogen-bond acceptors (Lipinski definition) is 2. The van der Waals surface area contributed by atoms with E-state index in [9.17, 15) is 0 Å². The molecular weight excluding hydrogens is 210 g/mol. The van der Waals surface area contributed by atoms with Crippen LogP contribution in [0.25, 0.3) is 0 Å². The summed E-state index contributed by atoms with van der Waals surface area (Å²) < 4.78 is 5.84. The fraction of sp³-hybridized carbons (Fsp3) is 0.467. The second kappa shape index (κ2) is 5.37. The second-order valence-electron chi connectivity index (χ2n) is 4.96. The van der Waals surface area contributed by atoms with Gasteiger partial charge in [0.1, 0.15) is 12.4 Å². The minimum absolute atomic E-state index is 0.598. The third-order valence-electron chi connectivity index (χ3n) is 2.91. The van der Waals surface area contributed by atoms with Crippen molar-refractivity contribution in [2.45, 2.75) is 39.3 Å². The summed E-state index contributed by atoms with van der Waals surface area (Å²) in [7, 11) is 0. The fourth-order valence-corrected chi connectivity index (χ4v) is 1.80. The molecule has 0 saturated heterocycles. The summed E-state index contributed by atoms with van der Waals surface area (Å²) in [5.74, 6) is 1.02. The average Bonchev–Trinajstić information content (AvgIpc) is 3.08. The molecule has 17 heavy (non-hydrogen) atoms. The molecule has 2 nitrogen and oxygen atoms in total. The minimum Gasteiger partial charge on any atom is -0.489 e. The van der Waals surface area contributed by atoms with Crippen LogP contribution in [0.1, 0.15) is 30.9 Å². The van der Waals surface area contributed by atoms with Gasteiger partial charge >= 0.3 is 0 Å². The first-order valence-electron chi connectivity index (χ1n) is 6.26. The molecule has 2 rings (SSSR count). The van der Waals surface area contributed by atoms with Crippen LogP contribution in [0, 0.1) is 6.92 Å². The van der Waals surface area contributed by atoms with Crippen LogP contribution >= 0.6 is 0 Å². The molecule has 92 valence electrons. The van der Waals surface area contributed by atoms with Crippen molar-refractivity contribution in [3.05, 3.63) is 41.5 Å². The summed E-state index contributed by atoms with van der Waals surface area (Å²) in [6, 6.07) is 7.04. The van der Waals surface area contributed by atoms with Crippen LogP contribution in [-0.2, 0) is 6.54 Å². The van der Waals surface area contributed by atoms with Crippen LogP contribution in [0.3, 0.4) is 0 Å². The van der Waals surface area contributed by atoms with Gasteiger partial charge in [-0.05, 0) is 37.8 Å². The molecule has 1 N–H and O–H groups in total. The highest BCUT2D eigenvalue weighted by atomic mass is 16.5. The number of nitrogens with one attached hydrogen (secondary N) is 1. The average molecular weight is 231 g/mol. The van der Waals surface area contributed by atoms with E-state index >= 15 is 0 Å². The Hall–Kier alpha value is -1.28. The molecule has 1 aromatic rings. The third kappa shape index (κ3) is 3.60. The molecule has 1 aromatic carbocycles. The summed E-state index contributed by atoms with van der Waals surface area (Å²) in [5, 5.41) is 3.53. The minimum atomic E-state index is 0.598. The zero-order valence-electron chi connectivity index (χ0n) is 10.8. The van der Waals surface area contributed by atoms with Gasteiger partial charge in [-0.2, -0.15) is 0 Å². The lowest BCUT2D eigenvalue weighted by atomic mass is 10.1. The molecule has 0 spiro atoms. The lowest BCUT2D eigenvalue weighted by Gasteiger charge is -2.14. The molecule has 0 heterocycles. The van der Waals surface area contributed by atoms with Gasteiger partial charge in [-0.15, -0.1) is 0 Å². The number of rotatable bonds is 6. The van der Waals surface area contributed by atoms with E-state index in [4.69, 9.17) is 4.74 Å². The SMILES string of the molecule is C=C(C)COc1c(C)cccc1CNC1CC1. The molecule has 1 saturated carbocycles. The van der Waals surface area contributed by atoms with Gasteiger partial charge in [0.15, 0.2) is 0 Å². The maximum absolute atomic E-state index is 5.84. The van der Waals surface area contributed by atoms with Gasteiger partial charge in [-0.1, -0.05) is 24.8 Å². The molecule has 2 heteroatoms. The standard InChI is InChI=1S/C15H21NO/c1-11(2)10-17-15-12(3)5-4-6-13(15)9-16-14-7-8-14/h4-6,14,16H,1,7-10H2,2-3H3. The predicted octanol–water partition coefficient (Wildman–Crippen LogP) is 3.20. The highest BCUT2D eigenvalue weighted by Crippen LogP contribution is 2.25. The smallest absolute Gasteiger partial charge is 0.127 e. The summed E-state index contributed by atoms with van der Waals surface area (Å²) in [4.78, 5) is 0. The third-order valence-corrected chi connectivity index (χ3v) is 2.91. The number of hydrogen-bond donors (Lipinski definition) is 1. The molecular formula is C15H21NO. The Morgan fingerprint density at radius 2 is 2.24 bits per heavy atom. The van der Waals surface area contributed by atoms with Crippen molar-refractivity contribution >= 4 is 0 Å². The summed E-state index contributed by atoms with van der Waals surface area (Å²) in [5.41, 5.74) is 3.49. The Kier molecular flexibility index (Phi) is 3.85. The topological polar surface area (TPSA) is 21.3 Å². The van der Waals surface area contributed by atoms with Crippen LogP contribution in [0.15, 0.2) is 30.4 Å². The van der Waals surface area contributed by atoms with Crippen molar-refractivity contribution in [3.8, 4) is 5.75 Å². The van der Waals surface area contributed by atoms with E-state index in [1.54, 1.807) is 0 Å². The van der Waals surface area contributed by atoms with Crippen LogP contribution in [-0.4, -0.2) is 12.6 Å². The Bertz CT molecular complexity index is 407. The summed E-state index contributed by atoms with van der Waals surface area (Å²) >= 11 is 0. The lowest BCUT2D eigenvalue weighted by molar-refractivity contribution is 0.345. The zero-order chi connectivity index (χ0) is 12.3. The molecule has 1 aliphatic carbocycles. The van der Waals surface area contributed by atoms with Gasteiger partial charge < -0.3 is 10.1 Å². The van der Waals surface area contributed by atoms with Crippen molar-refractivity contribution in [2.24, 2.45) is 0 Å². The number of para-hydroxylation sites is 1. The van der Waals surface area contributed by atoms with E-state index in [1.165, 1.54) is 24.0 Å². The molecule has 0 radical (unpaired) electrons. The maximum Gasteiger partial charge on any atom is 0.127 e. The quantitative estimate of drug-likeness (QED) is 0.759. The number of aryl methyl sites for hydroxylation is 1. The zero-order valence-corrected chi connectivity index (χ0v) is 10.8. The Labute approximate surface area is 104 Å². The van der Waals surface area contributed by atoms with Gasteiger partial charge in [0.05, 0.1) is 0 Å². The Balaban J connectivity index is 2.05. The molecule has 0 bridgehead atoms. The molecule has 0 aliphatic heterocycles. The van der Waals surface area contributed by atoms with E-state index < -0.39 is 0 Å². The first-order chi connectivity index (χ1) is 8.16. The fourth-order valence-electron chi connectivity index (χ4n) is 1.80. The van der Waals surface area contributed by atoms with Crippen molar-refractivity contribution in [3.63, 3.8) is 0 Å². The largest absolute Gasteiger partial charge is 0.489 e. The molecule has 1 fully saturated rings. The van der Waals surface area contributed by atoms with Gasteiger partial charge in [-0.3, -0.25) is 0 Å². The lowest BCUT2D eigenvalue weighted by Crippen LogP contribution is -2.16. The first kappa shape index (κ1) is 12.2. The first-order valence-corrected chi connectivity index (χ1v) is 6.26. The molecule has 0 amide bonds. The molecule has 0 unspecified atom stereocenters. The molecule has 0 atom stereocenters. The van der Waals surface area contributed by atoms with E-state index in [-0.39, 0.29) is 0 Å². The summed E-state index contributed by atoms with van der Waals surface area (Å²) in [6.07, 6.45) is 2.63. The van der Waals surface area contributed by atoms with Gasteiger partial charge in [0.25, 0.3) is 0 Å².